The second kappa shape index (κ2) is 8.11. The van der Waals surface area contributed by atoms with Crippen LogP contribution in [0.1, 0.15) is 50.8 Å². The van der Waals surface area contributed by atoms with Gasteiger partial charge in [-0.1, -0.05) is 45.0 Å². The highest BCUT2D eigenvalue weighted by Gasteiger charge is 2.24. The van der Waals surface area contributed by atoms with Gasteiger partial charge in [0.2, 0.25) is 5.91 Å². The summed E-state index contributed by atoms with van der Waals surface area (Å²) in [6, 6.07) is 8.38. The average Bonchev–Trinajstić information content (AvgIpc) is 3.31. The lowest BCUT2D eigenvalue weighted by atomic mass is 9.95. The summed E-state index contributed by atoms with van der Waals surface area (Å²) in [5, 5.41) is 8.36. The molecule has 2 rings (SSSR count). The Bertz CT molecular complexity index is 536. The highest BCUT2D eigenvalue weighted by molar-refractivity contribution is 5.95. The summed E-state index contributed by atoms with van der Waals surface area (Å²) in [5.41, 5.74) is 2.46. The molecule has 0 saturated heterocycles. The van der Waals surface area contributed by atoms with E-state index in [-0.39, 0.29) is 24.5 Å². The van der Waals surface area contributed by atoms with Crippen molar-refractivity contribution in [1.29, 1.82) is 0 Å². The van der Waals surface area contributed by atoms with E-state index in [2.05, 4.69) is 61.0 Å². The van der Waals surface area contributed by atoms with E-state index in [4.69, 9.17) is 0 Å². The Morgan fingerprint density at radius 1 is 1.17 bits per heavy atom. The SMILES string of the molecule is CCc1ccc([C@H](NCC(=O)NC(=O)NC2CC2)C(C)C)cc1. The van der Waals surface area contributed by atoms with E-state index in [0.29, 0.717) is 5.92 Å². The molecule has 5 nitrogen and oxygen atoms in total. The highest BCUT2D eigenvalue weighted by atomic mass is 16.2. The normalized spacial score (nSPS) is 15.3. The fourth-order valence-electron chi connectivity index (χ4n) is 2.52. The zero-order valence-corrected chi connectivity index (χ0v) is 14.2. The molecule has 0 radical (unpaired) electrons. The molecule has 1 aliphatic rings. The Balaban J connectivity index is 1.85. The Hall–Kier alpha value is -1.88. The summed E-state index contributed by atoms with van der Waals surface area (Å²) >= 11 is 0. The van der Waals surface area contributed by atoms with Crippen LogP contribution in [-0.4, -0.2) is 24.5 Å². The first kappa shape index (κ1) is 17.5. The van der Waals surface area contributed by atoms with Crippen molar-refractivity contribution < 1.29 is 9.59 Å². The maximum Gasteiger partial charge on any atom is 0.321 e. The van der Waals surface area contributed by atoms with Gasteiger partial charge in [0, 0.05) is 12.1 Å². The molecule has 0 aliphatic heterocycles. The van der Waals surface area contributed by atoms with Crippen molar-refractivity contribution in [2.24, 2.45) is 5.92 Å². The lowest BCUT2D eigenvalue weighted by Gasteiger charge is -2.23. The Morgan fingerprint density at radius 2 is 1.83 bits per heavy atom. The van der Waals surface area contributed by atoms with Crippen LogP contribution in [0.5, 0.6) is 0 Å². The van der Waals surface area contributed by atoms with Gasteiger partial charge in [-0.05, 0) is 36.3 Å². The van der Waals surface area contributed by atoms with Crippen molar-refractivity contribution in [3.63, 3.8) is 0 Å². The quantitative estimate of drug-likeness (QED) is 0.724. The second-order valence-corrected chi connectivity index (χ2v) is 6.49. The van der Waals surface area contributed by atoms with Crippen molar-refractivity contribution >= 4 is 11.9 Å². The topological polar surface area (TPSA) is 70.2 Å². The fourth-order valence-corrected chi connectivity index (χ4v) is 2.52. The maximum atomic E-state index is 11.9. The van der Waals surface area contributed by atoms with Gasteiger partial charge in [-0.2, -0.15) is 0 Å². The first-order valence-corrected chi connectivity index (χ1v) is 8.42. The molecule has 1 saturated carbocycles. The smallest absolute Gasteiger partial charge is 0.321 e. The van der Waals surface area contributed by atoms with Gasteiger partial charge in [0.1, 0.15) is 0 Å². The number of urea groups is 1. The summed E-state index contributed by atoms with van der Waals surface area (Å²) < 4.78 is 0. The molecule has 23 heavy (non-hydrogen) atoms. The zero-order chi connectivity index (χ0) is 16.8. The molecule has 0 aromatic heterocycles. The molecular weight excluding hydrogens is 290 g/mol. The zero-order valence-electron chi connectivity index (χ0n) is 14.2. The summed E-state index contributed by atoms with van der Waals surface area (Å²) in [5.74, 6) is 0.0366. The van der Waals surface area contributed by atoms with Crippen LogP contribution in [0.25, 0.3) is 0 Å². The number of carbonyl (C=O) groups is 2. The van der Waals surface area contributed by atoms with Gasteiger partial charge in [-0.3, -0.25) is 10.1 Å². The number of nitrogens with one attached hydrogen (secondary N) is 3. The van der Waals surface area contributed by atoms with Gasteiger partial charge in [-0.25, -0.2) is 4.79 Å². The minimum absolute atomic E-state index is 0.0816. The predicted molar refractivity (Wildman–Crippen MR) is 91.1 cm³/mol. The van der Waals surface area contributed by atoms with E-state index >= 15 is 0 Å². The van der Waals surface area contributed by atoms with Gasteiger partial charge in [0.25, 0.3) is 0 Å². The molecule has 126 valence electrons. The largest absolute Gasteiger partial charge is 0.335 e. The third-order valence-corrected chi connectivity index (χ3v) is 4.06. The van der Waals surface area contributed by atoms with Crippen LogP contribution in [0.3, 0.4) is 0 Å². The van der Waals surface area contributed by atoms with E-state index < -0.39 is 6.03 Å². The first-order chi connectivity index (χ1) is 11.0. The molecular formula is C18H27N3O2. The monoisotopic (exact) mass is 317 g/mol. The van der Waals surface area contributed by atoms with Crippen LogP contribution in [0.15, 0.2) is 24.3 Å². The first-order valence-electron chi connectivity index (χ1n) is 8.42. The van der Waals surface area contributed by atoms with E-state index in [9.17, 15) is 9.59 Å². The Kier molecular flexibility index (Phi) is 6.16. The molecule has 5 heteroatoms. The van der Waals surface area contributed by atoms with Gasteiger partial charge in [0.15, 0.2) is 0 Å². The standard InChI is InChI=1S/C18H27N3O2/c1-4-13-5-7-14(8-6-13)17(12(2)3)19-11-16(22)21-18(23)20-15-9-10-15/h5-8,12,15,17,19H,4,9-11H2,1-3H3,(H2,20,21,22,23)/t17-/m1/s1. The number of imide groups is 1. The summed E-state index contributed by atoms with van der Waals surface area (Å²) in [4.78, 5) is 23.4. The molecule has 0 spiro atoms. The summed E-state index contributed by atoms with van der Waals surface area (Å²) in [7, 11) is 0. The van der Waals surface area contributed by atoms with Gasteiger partial charge in [-0.15, -0.1) is 0 Å². The van der Waals surface area contributed by atoms with Crippen LogP contribution >= 0.6 is 0 Å². The van der Waals surface area contributed by atoms with Crippen LogP contribution in [0.2, 0.25) is 0 Å². The van der Waals surface area contributed by atoms with Crippen molar-refractivity contribution in [3.05, 3.63) is 35.4 Å². The molecule has 3 N–H and O–H groups in total. The molecule has 0 bridgehead atoms. The summed E-state index contributed by atoms with van der Waals surface area (Å²) in [6.07, 6.45) is 3.02. The Labute approximate surface area is 138 Å². The van der Waals surface area contributed by atoms with Crippen molar-refractivity contribution in [1.82, 2.24) is 16.0 Å². The molecule has 1 aliphatic carbocycles. The summed E-state index contributed by atoms with van der Waals surface area (Å²) in [6.45, 7) is 6.48. The minimum Gasteiger partial charge on any atom is -0.335 e. The Morgan fingerprint density at radius 3 is 2.35 bits per heavy atom. The molecule has 1 fully saturated rings. The van der Waals surface area contributed by atoms with Crippen molar-refractivity contribution in [3.8, 4) is 0 Å². The molecule has 1 aromatic carbocycles. The molecule has 0 unspecified atom stereocenters. The number of rotatable bonds is 7. The minimum atomic E-state index is -0.396. The van der Waals surface area contributed by atoms with Crippen molar-refractivity contribution in [2.75, 3.05) is 6.54 Å². The van der Waals surface area contributed by atoms with E-state index in [0.717, 1.165) is 24.8 Å². The third kappa shape index (κ3) is 5.67. The van der Waals surface area contributed by atoms with Crippen molar-refractivity contribution in [2.45, 2.75) is 52.1 Å². The van der Waals surface area contributed by atoms with Crippen LogP contribution in [0, 0.1) is 5.92 Å². The second-order valence-electron chi connectivity index (χ2n) is 6.49. The molecule has 1 atom stereocenters. The number of hydrogen-bond acceptors (Lipinski definition) is 3. The number of benzene rings is 1. The average molecular weight is 317 g/mol. The lowest BCUT2D eigenvalue weighted by Crippen LogP contribution is -2.45. The molecule has 0 heterocycles. The molecule has 1 aromatic rings. The van der Waals surface area contributed by atoms with Crippen LogP contribution in [0.4, 0.5) is 4.79 Å². The van der Waals surface area contributed by atoms with E-state index in [1.165, 1.54) is 5.56 Å². The molecule has 3 amide bonds. The van der Waals surface area contributed by atoms with Gasteiger partial charge >= 0.3 is 6.03 Å². The van der Waals surface area contributed by atoms with Gasteiger partial charge in [0.05, 0.1) is 6.54 Å². The highest BCUT2D eigenvalue weighted by Crippen LogP contribution is 2.22. The number of amides is 3. The fraction of sp³-hybridized carbons (Fsp3) is 0.556. The number of aryl methyl sites for hydroxylation is 1. The number of hydrogen-bond donors (Lipinski definition) is 3. The predicted octanol–water partition coefficient (Wildman–Crippen LogP) is 2.52. The van der Waals surface area contributed by atoms with Crippen LogP contribution in [-0.2, 0) is 11.2 Å². The lowest BCUT2D eigenvalue weighted by molar-refractivity contribution is -0.119. The van der Waals surface area contributed by atoms with E-state index in [1.807, 2.05) is 0 Å². The third-order valence-electron chi connectivity index (χ3n) is 4.06. The van der Waals surface area contributed by atoms with E-state index in [1.54, 1.807) is 0 Å². The van der Waals surface area contributed by atoms with Gasteiger partial charge < -0.3 is 10.6 Å². The number of carbonyl (C=O) groups excluding carboxylic acids is 2. The maximum absolute atomic E-state index is 11.9. The van der Waals surface area contributed by atoms with Crippen LogP contribution < -0.4 is 16.0 Å².